The molecule has 1 fully saturated rings. The van der Waals surface area contributed by atoms with Crippen LogP contribution in [0, 0.1) is 12.8 Å². The minimum absolute atomic E-state index is 0.214. The fourth-order valence-corrected chi connectivity index (χ4v) is 5.28. The van der Waals surface area contributed by atoms with Crippen LogP contribution >= 0.6 is 0 Å². The molecule has 0 radical (unpaired) electrons. The van der Waals surface area contributed by atoms with Gasteiger partial charge in [0.15, 0.2) is 0 Å². The van der Waals surface area contributed by atoms with Gasteiger partial charge in [0, 0.05) is 24.3 Å². The van der Waals surface area contributed by atoms with Crippen molar-refractivity contribution in [3.63, 3.8) is 0 Å². The largest absolute Gasteiger partial charge is 0.371 e. The molecule has 2 aliphatic rings. The lowest BCUT2D eigenvalue weighted by Crippen LogP contribution is -2.41. The van der Waals surface area contributed by atoms with E-state index < -0.39 is 16.2 Å². The smallest absolute Gasteiger partial charge is 0.297 e. The number of hydrogen-bond donors (Lipinski definition) is 1. The summed E-state index contributed by atoms with van der Waals surface area (Å²) in [5.74, 6) is 0.635. The third-order valence-electron chi connectivity index (χ3n) is 5.72. The first-order valence-corrected chi connectivity index (χ1v) is 11.5. The van der Waals surface area contributed by atoms with Gasteiger partial charge in [-0.15, -0.1) is 0 Å². The summed E-state index contributed by atoms with van der Waals surface area (Å²) in [5.41, 5.74) is 3.09. The first-order chi connectivity index (χ1) is 13.5. The van der Waals surface area contributed by atoms with E-state index in [2.05, 4.69) is 16.3 Å². The van der Waals surface area contributed by atoms with Crippen molar-refractivity contribution in [3.05, 3.63) is 59.7 Å². The molecule has 2 atom stereocenters. The number of benzene rings is 2. The molecule has 0 spiro atoms. The minimum Gasteiger partial charge on any atom is -0.371 e. The van der Waals surface area contributed by atoms with Crippen LogP contribution in [0.5, 0.6) is 0 Å². The van der Waals surface area contributed by atoms with Crippen LogP contribution in [0.15, 0.2) is 53.4 Å². The van der Waals surface area contributed by atoms with E-state index in [1.807, 2.05) is 25.1 Å². The summed E-state index contributed by atoms with van der Waals surface area (Å²) >= 11 is 0. The van der Waals surface area contributed by atoms with Crippen molar-refractivity contribution in [1.82, 2.24) is 5.32 Å². The van der Waals surface area contributed by atoms with Crippen LogP contribution in [0.2, 0.25) is 0 Å². The quantitative estimate of drug-likeness (QED) is 0.777. The molecule has 2 aromatic carbocycles. The van der Waals surface area contributed by atoms with Crippen molar-refractivity contribution < 1.29 is 12.6 Å². The van der Waals surface area contributed by atoms with Crippen molar-refractivity contribution >= 4 is 15.8 Å². The zero-order valence-corrected chi connectivity index (χ0v) is 17.1. The van der Waals surface area contributed by atoms with Gasteiger partial charge in [-0.25, -0.2) is 0 Å². The molecule has 0 aliphatic carbocycles. The fourth-order valence-electron chi connectivity index (χ4n) is 4.19. The molecular weight excluding hydrogens is 372 g/mol. The topological polar surface area (TPSA) is 58.6 Å². The van der Waals surface area contributed by atoms with Crippen molar-refractivity contribution in [1.29, 1.82) is 0 Å². The van der Waals surface area contributed by atoms with Crippen molar-refractivity contribution in [2.45, 2.75) is 37.2 Å². The summed E-state index contributed by atoms with van der Waals surface area (Å²) in [7, 11) is -3.79. The number of anilines is 1. The second kappa shape index (κ2) is 8.23. The van der Waals surface area contributed by atoms with Gasteiger partial charge in [0.25, 0.3) is 10.1 Å². The first kappa shape index (κ1) is 19.4. The van der Waals surface area contributed by atoms with Crippen LogP contribution in [0.4, 0.5) is 5.69 Å². The average Bonchev–Trinajstić information content (AvgIpc) is 2.71. The standard InChI is InChI=1S/C22H28N2O3S/c1-17-8-10-19(11-9-17)28(25,26)27-22-12-14-24(16-18-5-4-13-23-15-18)21-7-3-2-6-20(21)22/h2-3,6-11,18,22-23H,4-5,12-16H2,1H3. The number of hydrogen-bond acceptors (Lipinski definition) is 5. The highest BCUT2D eigenvalue weighted by atomic mass is 32.2. The Hall–Kier alpha value is -1.89. The SMILES string of the molecule is Cc1ccc(S(=O)(=O)OC2CCN(CC3CCCNC3)c3ccccc32)cc1. The van der Waals surface area contributed by atoms with Crippen LogP contribution in [-0.4, -0.2) is 34.6 Å². The Morgan fingerprint density at radius 3 is 2.64 bits per heavy atom. The predicted molar refractivity (Wildman–Crippen MR) is 111 cm³/mol. The molecule has 2 unspecified atom stereocenters. The maximum absolute atomic E-state index is 12.8. The molecule has 5 nitrogen and oxygen atoms in total. The van der Waals surface area contributed by atoms with Gasteiger partial charge in [-0.1, -0.05) is 35.9 Å². The molecule has 150 valence electrons. The lowest BCUT2D eigenvalue weighted by Gasteiger charge is -2.38. The van der Waals surface area contributed by atoms with E-state index in [1.165, 1.54) is 12.8 Å². The Morgan fingerprint density at radius 1 is 1.11 bits per heavy atom. The van der Waals surface area contributed by atoms with E-state index in [0.717, 1.165) is 43.0 Å². The second-order valence-corrected chi connectivity index (χ2v) is 9.43. The van der Waals surface area contributed by atoms with Gasteiger partial charge in [0.1, 0.15) is 6.10 Å². The zero-order valence-electron chi connectivity index (χ0n) is 16.3. The average molecular weight is 401 g/mol. The van der Waals surface area contributed by atoms with E-state index in [9.17, 15) is 8.42 Å². The minimum atomic E-state index is -3.79. The molecule has 1 N–H and O–H groups in total. The molecule has 2 aliphatic heterocycles. The normalized spacial score (nSPS) is 22.7. The second-order valence-electron chi connectivity index (χ2n) is 7.86. The molecule has 2 aromatic rings. The van der Waals surface area contributed by atoms with Gasteiger partial charge in [0.05, 0.1) is 4.90 Å². The summed E-state index contributed by atoms with van der Waals surface area (Å²) in [4.78, 5) is 2.61. The van der Waals surface area contributed by atoms with Crippen LogP contribution in [-0.2, 0) is 14.3 Å². The fraction of sp³-hybridized carbons (Fsp3) is 0.455. The lowest BCUT2D eigenvalue weighted by molar-refractivity contribution is 0.197. The number of nitrogens with one attached hydrogen (secondary N) is 1. The number of rotatable bonds is 5. The van der Waals surface area contributed by atoms with E-state index >= 15 is 0 Å². The molecule has 4 rings (SSSR count). The van der Waals surface area contributed by atoms with Crippen molar-refractivity contribution in [2.75, 3.05) is 31.1 Å². The highest BCUT2D eigenvalue weighted by Crippen LogP contribution is 2.38. The molecule has 1 saturated heterocycles. The Kier molecular flexibility index (Phi) is 5.71. The lowest BCUT2D eigenvalue weighted by atomic mass is 9.95. The third-order valence-corrected chi connectivity index (χ3v) is 7.05. The summed E-state index contributed by atoms with van der Waals surface area (Å²) < 4.78 is 31.3. The molecule has 28 heavy (non-hydrogen) atoms. The van der Waals surface area contributed by atoms with Gasteiger partial charge >= 0.3 is 0 Å². The molecule has 6 heteroatoms. The van der Waals surface area contributed by atoms with E-state index in [1.54, 1.807) is 24.3 Å². The van der Waals surface area contributed by atoms with Gasteiger partial charge < -0.3 is 10.2 Å². The Bertz CT molecular complexity index is 906. The highest BCUT2D eigenvalue weighted by molar-refractivity contribution is 7.86. The summed E-state index contributed by atoms with van der Waals surface area (Å²) in [5, 5.41) is 3.48. The Labute approximate surface area is 167 Å². The highest BCUT2D eigenvalue weighted by Gasteiger charge is 2.31. The van der Waals surface area contributed by atoms with Crippen LogP contribution < -0.4 is 10.2 Å². The molecule has 2 heterocycles. The molecule has 0 saturated carbocycles. The van der Waals surface area contributed by atoms with Crippen LogP contribution in [0.25, 0.3) is 0 Å². The van der Waals surface area contributed by atoms with Crippen LogP contribution in [0.3, 0.4) is 0 Å². The summed E-state index contributed by atoms with van der Waals surface area (Å²) in [6, 6.07) is 14.9. The summed E-state index contributed by atoms with van der Waals surface area (Å²) in [6.45, 7) is 5.91. The molecular formula is C22H28N2O3S. The zero-order chi connectivity index (χ0) is 19.6. The monoisotopic (exact) mass is 400 g/mol. The van der Waals surface area contributed by atoms with E-state index in [4.69, 9.17) is 4.18 Å². The van der Waals surface area contributed by atoms with Gasteiger partial charge in [-0.05, 0) is 63.4 Å². The molecule has 0 aromatic heterocycles. The van der Waals surface area contributed by atoms with Gasteiger partial charge in [-0.3, -0.25) is 4.18 Å². The van der Waals surface area contributed by atoms with E-state index in [-0.39, 0.29) is 4.90 Å². The maximum Gasteiger partial charge on any atom is 0.297 e. The molecule has 0 bridgehead atoms. The maximum atomic E-state index is 12.8. The third kappa shape index (κ3) is 4.24. The first-order valence-electron chi connectivity index (χ1n) is 10.1. The van der Waals surface area contributed by atoms with Crippen molar-refractivity contribution in [3.8, 4) is 0 Å². The summed E-state index contributed by atoms with van der Waals surface area (Å²) in [6.07, 6.45) is 2.69. The Morgan fingerprint density at radius 2 is 1.89 bits per heavy atom. The van der Waals surface area contributed by atoms with Gasteiger partial charge in [0.2, 0.25) is 0 Å². The predicted octanol–water partition coefficient (Wildman–Crippen LogP) is 3.65. The van der Waals surface area contributed by atoms with Crippen LogP contribution in [0.1, 0.15) is 36.5 Å². The number of para-hydroxylation sites is 1. The number of fused-ring (bicyclic) bond motifs is 1. The van der Waals surface area contributed by atoms with E-state index in [0.29, 0.717) is 12.3 Å². The number of piperidine rings is 1. The molecule has 0 amide bonds. The number of aryl methyl sites for hydroxylation is 1. The van der Waals surface area contributed by atoms with Gasteiger partial charge in [-0.2, -0.15) is 8.42 Å². The van der Waals surface area contributed by atoms with Crippen molar-refractivity contribution in [2.24, 2.45) is 5.92 Å². The Balaban J connectivity index is 1.53. The number of nitrogens with zero attached hydrogens (tertiary/aromatic N) is 1.